The number of hydrogen-bond acceptors (Lipinski definition) is 4. The third kappa shape index (κ3) is 2.29. The second kappa shape index (κ2) is 4.90. The molecule has 0 aliphatic carbocycles. The molecule has 1 N–H and O–H groups in total. The second-order valence-electron chi connectivity index (χ2n) is 4.76. The van der Waals surface area contributed by atoms with Crippen LogP contribution < -0.4 is 5.32 Å². The molecule has 2 aromatic rings. The summed E-state index contributed by atoms with van der Waals surface area (Å²) in [7, 11) is 0. The highest BCUT2D eigenvalue weighted by Crippen LogP contribution is 2.21. The molecule has 1 saturated heterocycles. The molecule has 1 unspecified atom stereocenters. The summed E-state index contributed by atoms with van der Waals surface area (Å²) in [6.07, 6.45) is 4.22. The van der Waals surface area contributed by atoms with Gasteiger partial charge in [0.05, 0.1) is 11.6 Å². The lowest BCUT2D eigenvalue weighted by Crippen LogP contribution is -2.19. The molecule has 2 heterocycles. The van der Waals surface area contributed by atoms with Gasteiger partial charge in [0.15, 0.2) is 0 Å². The minimum atomic E-state index is 0.319. The fraction of sp³-hybridized carbons (Fsp3) is 0.429. The number of rotatable bonds is 3. The normalized spacial score (nSPS) is 19.3. The van der Waals surface area contributed by atoms with Crippen LogP contribution in [0, 0.1) is 6.92 Å². The van der Waals surface area contributed by atoms with Crippen molar-refractivity contribution in [2.75, 3.05) is 18.5 Å². The zero-order valence-electron chi connectivity index (χ0n) is 10.5. The Morgan fingerprint density at radius 1 is 1.39 bits per heavy atom. The number of benzene rings is 1. The van der Waals surface area contributed by atoms with Gasteiger partial charge in [-0.1, -0.05) is 11.6 Å². The van der Waals surface area contributed by atoms with Gasteiger partial charge < -0.3 is 10.1 Å². The first-order chi connectivity index (χ1) is 8.83. The lowest BCUT2D eigenvalue weighted by atomic mass is 10.1. The van der Waals surface area contributed by atoms with E-state index in [9.17, 15) is 0 Å². The highest BCUT2D eigenvalue weighted by Gasteiger charge is 2.15. The SMILES string of the molecule is Cc1ccc2ncnc(NCC3CCCO3)c2c1. The summed E-state index contributed by atoms with van der Waals surface area (Å²) in [5.74, 6) is 0.902. The van der Waals surface area contributed by atoms with Gasteiger partial charge in [0.25, 0.3) is 0 Å². The number of aryl methyl sites for hydroxylation is 1. The van der Waals surface area contributed by atoms with E-state index in [-0.39, 0.29) is 0 Å². The lowest BCUT2D eigenvalue weighted by molar-refractivity contribution is 0.120. The standard InChI is InChI=1S/C14H17N3O/c1-10-4-5-13-12(7-10)14(17-9-16-13)15-8-11-3-2-6-18-11/h4-5,7,9,11H,2-3,6,8H2,1H3,(H,15,16,17). The van der Waals surface area contributed by atoms with E-state index in [1.54, 1.807) is 6.33 Å². The van der Waals surface area contributed by atoms with Gasteiger partial charge in [-0.2, -0.15) is 0 Å². The van der Waals surface area contributed by atoms with Crippen molar-refractivity contribution in [3.63, 3.8) is 0 Å². The summed E-state index contributed by atoms with van der Waals surface area (Å²) < 4.78 is 5.60. The van der Waals surface area contributed by atoms with Crippen molar-refractivity contribution < 1.29 is 4.74 Å². The van der Waals surface area contributed by atoms with E-state index < -0.39 is 0 Å². The number of hydrogen-bond donors (Lipinski definition) is 1. The van der Waals surface area contributed by atoms with Crippen LogP contribution in [0.1, 0.15) is 18.4 Å². The maximum atomic E-state index is 5.60. The largest absolute Gasteiger partial charge is 0.376 e. The molecule has 0 spiro atoms. The van der Waals surface area contributed by atoms with Gasteiger partial charge in [0.1, 0.15) is 12.1 Å². The van der Waals surface area contributed by atoms with Crippen molar-refractivity contribution in [2.24, 2.45) is 0 Å². The van der Waals surface area contributed by atoms with Crippen LogP contribution in [0.3, 0.4) is 0 Å². The van der Waals surface area contributed by atoms with Crippen LogP contribution in [0.15, 0.2) is 24.5 Å². The van der Waals surface area contributed by atoms with Crippen molar-refractivity contribution in [3.8, 4) is 0 Å². The van der Waals surface area contributed by atoms with E-state index in [1.165, 1.54) is 5.56 Å². The van der Waals surface area contributed by atoms with Crippen LogP contribution in [-0.4, -0.2) is 29.2 Å². The molecule has 1 aliphatic rings. The molecule has 1 aliphatic heterocycles. The Labute approximate surface area is 106 Å². The van der Waals surface area contributed by atoms with Crippen LogP contribution in [0.4, 0.5) is 5.82 Å². The molecular formula is C14H17N3O. The first kappa shape index (κ1) is 11.4. The number of nitrogens with one attached hydrogen (secondary N) is 1. The summed E-state index contributed by atoms with van der Waals surface area (Å²) in [5.41, 5.74) is 2.20. The van der Waals surface area contributed by atoms with E-state index in [4.69, 9.17) is 4.74 Å². The van der Waals surface area contributed by atoms with Crippen LogP contribution in [-0.2, 0) is 4.74 Å². The first-order valence-corrected chi connectivity index (χ1v) is 6.40. The summed E-state index contributed by atoms with van der Waals surface area (Å²) in [5, 5.41) is 4.46. The smallest absolute Gasteiger partial charge is 0.137 e. The Morgan fingerprint density at radius 3 is 3.17 bits per heavy atom. The third-order valence-electron chi connectivity index (χ3n) is 3.31. The maximum Gasteiger partial charge on any atom is 0.137 e. The van der Waals surface area contributed by atoms with Gasteiger partial charge in [0.2, 0.25) is 0 Å². The van der Waals surface area contributed by atoms with E-state index in [0.29, 0.717) is 6.10 Å². The Bertz CT molecular complexity index is 550. The van der Waals surface area contributed by atoms with E-state index in [2.05, 4.69) is 34.3 Å². The molecule has 0 saturated carbocycles. The average Bonchev–Trinajstić information content (AvgIpc) is 2.89. The van der Waals surface area contributed by atoms with Gasteiger partial charge in [-0.05, 0) is 31.9 Å². The predicted molar refractivity (Wildman–Crippen MR) is 71.7 cm³/mol. The number of fused-ring (bicyclic) bond motifs is 1. The number of nitrogens with zero attached hydrogens (tertiary/aromatic N) is 2. The van der Waals surface area contributed by atoms with Gasteiger partial charge in [0, 0.05) is 18.5 Å². The van der Waals surface area contributed by atoms with Crippen molar-refractivity contribution >= 4 is 16.7 Å². The van der Waals surface area contributed by atoms with Gasteiger partial charge in [-0.15, -0.1) is 0 Å². The summed E-state index contributed by atoms with van der Waals surface area (Å²) >= 11 is 0. The third-order valence-corrected chi connectivity index (χ3v) is 3.31. The van der Waals surface area contributed by atoms with Crippen LogP contribution in [0.5, 0.6) is 0 Å². The molecule has 3 rings (SSSR count). The summed E-state index contributed by atoms with van der Waals surface area (Å²) in [4.78, 5) is 8.61. The zero-order valence-corrected chi connectivity index (χ0v) is 10.5. The van der Waals surface area contributed by atoms with E-state index in [0.717, 1.165) is 42.7 Å². The Morgan fingerprint density at radius 2 is 2.33 bits per heavy atom. The molecule has 0 bridgehead atoms. The van der Waals surface area contributed by atoms with Crippen LogP contribution >= 0.6 is 0 Å². The molecule has 18 heavy (non-hydrogen) atoms. The molecule has 1 aromatic heterocycles. The van der Waals surface area contributed by atoms with E-state index >= 15 is 0 Å². The lowest BCUT2D eigenvalue weighted by Gasteiger charge is -2.12. The summed E-state index contributed by atoms with van der Waals surface area (Å²) in [6, 6.07) is 6.22. The van der Waals surface area contributed by atoms with Gasteiger partial charge in [-0.3, -0.25) is 0 Å². The van der Waals surface area contributed by atoms with Gasteiger partial charge in [-0.25, -0.2) is 9.97 Å². The molecule has 1 atom stereocenters. The highest BCUT2D eigenvalue weighted by atomic mass is 16.5. The van der Waals surface area contributed by atoms with Gasteiger partial charge >= 0.3 is 0 Å². The predicted octanol–water partition coefficient (Wildman–Crippen LogP) is 2.53. The Hall–Kier alpha value is -1.68. The number of ether oxygens (including phenoxy) is 1. The fourth-order valence-electron chi connectivity index (χ4n) is 2.33. The molecule has 1 aromatic carbocycles. The Kier molecular flexibility index (Phi) is 3.11. The number of aromatic nitrogens is 2. The Balaban J connectivity index is 1.84. The maximum absolute atomic E-state index is 5.60. The quantitative estimate of drug-likeness (QED) is 0.900. The topological polar surface area (TPSA) is 47.0 Å². The molecule has 0 amide bonds. The second-order valence-corrected chi connectivity index (χ2v) is 4.76. The minimum Gasteiger partial charge on any atom is -0.376 e. The van der Waals surface area contributed by atoms with Crippen molar-refractivity contribution in [2.45, 2.75) is 25.9 Å². The van der Waals surface area contributed by atoms with E-state index in [1.807, 2.05) is 6.07 Å². The average molecular weight is 243 g/mol. The summed E-state index contributed by atoms with van der Waals surface area (Å²) in [6.45, 7) is 3.78. The van der Waals surface area contributed by atoms with Crippen LogP contribution in [0.25, 0.3) is 10.9 Å². The molecular weight excluding hydrogens is 226 g/mol. The minimum absolute atomic E-state index is 0.319. The monoisotopic (exact) mass is 243 g/mol. The highest BCUT2D eigenvalue weighted by molar-refractivity contribution is 5.89. The fourth-order valence-corrected chi connectivity index (χ4v) is 2.33. The molecule has 4 heteroatoms. The first-order valence-electron chi connectivity index (χ1n) is 6.40. The van der Waals surface area contributed by atoms with Crippen LogP contribution in [0.2, 0.25) is 0 Å². The molecule has 0 radical (unpaired) electrons. The molecule has 94 valence electrons. The zero-order chi connectivity index (χ0) is 12.4. The molecule has 4 nitrogen and oxygen atoms in total. The van der Waals surface area contributed by atoms with Crippen molar-refractivity contribution in [3.05, 3.63) is 30.1 Å². The molecule has 1 fully saturated rings. The van der Waals surface area contributed by atoms with Crippen molar-refractivity contribution in [1.82, 2.24) is 9.97 Å². The van der Waals surface area contributed by atoms with Crippen molar-refractivity contribution in [1.29, 1.82) is 0 Å². The number of anilines is 1.